The molecule has 4 heteroatoms. The van der Waals surface area contributed by atoms with E-state index in [1.54, 1.807) is 18.2 Å². The minimum absolute atomic E-state index is 0.194. The molecule has 1 atom stereocenters. The highest BCUT2D eigenvalue weighted by Gasteiger charge is 2.13. The van der Waals surface area contributed by atoms with Crippen LogP contribution in [0.4, 0.5) is 5.69 Å². The number of hydrogen-bond donors (Lipinski definition) is 1. The molecule has 1 aromatic rings. The van der Waals surface area contributed by atoms with Crippen molar-refractivity contribution in [3.05, 3.63) is 52.1 Å². The molecule has 0 saturated carbocycles. The van der Waals surface area contributed by atoms with E-state index in [2.05, 4.69) is 17.5 Å². The lowest BCUT2D eigenvalue weighted by atomic mass is 10.0. The number of nitro benzene ring substituents is 1. The van der Waals surface area contributed by atoms with E-state index in [1.165, 1.54) is 6.42 Å². The van der Waals surface area contributed by atoms with Gasteiger partial charge < -0.3 is 5.32 Å². The molecule has 90 valence electrons. The van der Waals surface area contributed by atoms with Gasteiger partial charge in [-0.1, -0.05) is 30.4 Å². The summed E-state index contributed by atoms with van der Waals surface area (Å²) in [5.74, 6) is 0. The Bertz CT molecular complexity index is 429. The van der Waals surface area contributed by atoms with Gasteiger partial charge in [-0.05, 0) is 19.3 Å². The maximum atomic E-state index is 10.8. The Balaban J connectivity index is 2.00. The molecule has 4 nitrogen and oxygen atoms in total. The van der Waals surface area contributed by atoms with Gasteiger partial charge in [0.15, 0.2) is 0 Å². The molecule has 1 aromatic carbocycles. The van der Waals surface area contributed by atoms with Gasteiger partial charge >= 0.3 is 0 Å². The van der Waals surface area contributed by atoms with Crippen LogP contribution in [0.3, 0.4) is 0 Å². The number of benzene rings is 1. The molecular formula is C13H16N2O2. The van der Waals surface area contributed by atoms with E-state index in [4.69, 9.17) is 0 Å². The fourth-order valence-electron chi connectivity index (χ4n) is 2.06. The van der Waals surface area contributed by atoms with Crippen LogP contribution < -0.4 is 5.32 Å². The van der Waals surface area contributed by atoms with Gasteiger partial charge in [-0.2, -0.15) is 0 Å². The third-order valence-electron chi connectivity index (χ3n) is 3.00. The predicted molar refractivity (Wildman–Crippen MR) is 66.7 cm³/mol. The number of rotatable bonds is 4. The molecule has 0 saturated heterocycles. The average molecular weight is 232 g/mol. The first-order valence-electron chi connectivity index (χ1n) is 5.90. The van der Waals surface area contributed by atoms with Gasteiger partial charge in [0, 0.05) is 24.2 Å². The van der Waals surface area contributed by atoms with Crippen molar-refractivity contribution < 1.29 is 4.92 Å². The average Bonchev–Trinajstić information content (AvgIpc) is 2.38. The monoisotopic (exact) mass is 232 g/mol. The molecule has 1 aliphatic rings. The zero-order chi connectivity index (χ0) is 12.1. The van der Waals surface area contributed by atoms with Crippen LogP contribution in [0.5, 0.6) is 0 Å². The molecule has 0 aliphatic heterocycles. The molecular weight excluding hydrogens is 216 g/mol. The topological polar surface area (TPSA) is 55.2 Å². The van der Waals surface area contributed by atoms with Crippen molar-refractivity contribution in [2.24, 2.45) is 0 Å². The molecule has 0 amide bonds. The van der Waals surface area contributed by atoms with Gasteiger partial charge in [0.05, 0.1) is 4.92 Å². The Morgan fingerprint density at radius 1 is 1.41 bits per heavy atom. The van der Waals surface area contributed by atoms with Crippen molar-refractivity contribution in [2.45, 2.75) is 31.8 Å². The van der Waals surface area contributed by atoms with E-state index in [-0.39, 0.29) is 10.6 Å². The van der Waals surface area contributed by atoms with Crippen molar-refractivity contribution in [3.8, 4) is 0 Å². The summed E-state index contributed by atoms with van der Waals surface area (Å²) < 4.78 is 0. The van der Waals surface area contributed by atoms with Crippen LogP contribution in [-0.2, 0) is 6.54 Å². The predicted octanol–water partition coefficient (Wildman–Crippen LogP) is 2.79. The van der Waals surface area contributed by atoms with Crippen molar-refractivity contribution in [3.63, 3.8) is 0 Å². The van der Waals surface area contributed by atoms with Crippen LogP contribution in [0.15, 0.2) is 36.4 Å². The van der Waals surface area contributed by atoms with Crippen molar-refractivity contribution in [1.29, 1.82) is 0 Å². The van der Waals surface area contributed by atoms with Gasteiger partial charge in [0.2, 0.25) is 0 Å². The molecule has 2 rings (SSSR count). The second kappa shape index (κ2) is 5.59. The third kappa shape index (κ3) is 3.14. The number of allylic oxidation sites excluding steroid dienone is 1. The molecule has 1 unspecified atom stereocenters. The van der Waals surface area contributed by atoms with E-state index < -0.39 is 0 Å². The van der Waals surface area contributed by atoms with Crippen LogP contribution in [-0.4, -0.2) is 11.0 Å². The van der Waals surface area contributed by atoms with Gasteiger partial charge in [0.25, 0.3) is 5.69 Å². The fraction of sp³-hybridized carbons (Fsp3) is 0.385. The van der Waals surface area contributed by atoms with E-state index in [0.717, 1.165) is 18.4 Å². The third-order valence-corrected chi connectivity index (χ3v) is 3.00. The van der Waals surface area contributed by atoms with Crippen LogP contribution in [0.25, 0.3) is 0 Å². The number of nitrogens with one attached hydrogen (secondary N) is 1. The molecule has 1 N–H and O–H groups in total. The summed E-state index contributed by atoms with van der Waals surface area (Å²) in [7, 11) is 0. The molecule has 0 spiro atoms. The molecule has 1 aliphatic carbocycles. The summed E-state index contributed by atoms with van der Waals surface area (Å²) in [6.45, 7) is 0.548. The highest BCUT2D eigenvalue weighted by molar-refractivity contribution is 5.39. The minimum atomic E-state index is -0.326. The SMILES string of the molecule is O=[N+]([O-])c1ccccc1CNC1C=CCCC1. The standard InChI is InChI=1S/C13H16N2O2/c16-15(17)13-9-5-4-6-11(13)10-14-12-7-2-1-3-8-12/h2,4-7,9,12,14H,1,3,8,10H2. The summed E-state index contributed by atoms with van der Waals surface area (Å²) in [4.78, 5) is 10.5. The van der Waals surface area contributed by atoms with Crippen LogP contribution in [0.2, 0.25) is 0 Å². The van der Waals surface area contributed by atoms with E-state index in [1.807, 2.05) is 6.07 Å². The molecule has 0 bridgehead atoms. The number of nitro groups is 1. The minimum Gasteiger partial charge on any atom is -0.306 e. The maximum absolute atomic E-state index is 10.8. The van der Waals surface area contributed by atoms with E-state index >= 15 is 0 Å². The highest BCUT2D eigenvalue weighted by atomic mass is 16.6. The molecule has 0 aromatic heterocycles. The van der Waals surface area contributed by atoms with Gasteiger partial charge in [-0.3, -0.25) is 10.1 Å². The van der Waals surface area contributed by atoms with Crippen molar-refractivity contribution >= 4 is 5.69 Å². The lowest BCUT2D eigenvalue weighted by Crippen LogP contribution is -2.28. The Kier molecular flexibility index (Phi) is 3.88. The zero-order valence-corrected chi connectivity index (χ0v) is 9.63. The highest BCUT2D eigenvalue weighted by Crippen LogP contribution is 2.18. The van der Waals surface area contributed by atoms with Crippen LogP contribution in [0.1, 0.15) is 24.8 Å². The Morgan fingerprint density at radius 3 is 2.94 bits per heavy atom. The van der Waals surface area contributed by atoms with Gasteiger partial charge in [-0.25, -0.2) is 0 Å². The summed E-state index contributed by atoms with van der Waals surface area (Å²) in [6, 6.07) is 7.23. The molecule has 0 heterocycles. The van der Waals surface area contributed by atoms with Crippen molar-refractivity contribution in [1.82, 2.24) is 5.32 Å². The number of nitrogens with zero attached hydrogens (tertiary/aromatic N) is 1. The second-order valence-electron chi connectivity index (χ2n) is 4.23. The second-order valence-corrected chi connectivity index (χ2v) is 4.23. The van der Waals surface area contributed by atoms with Crippen LogP contribution >= 0.6 is 0 Å². The quantitative estimate of drug-likeness (QED) is 0.493. The smallest absolute Gasteiger partial charge is 0.273 e. The Labute approximate surface area is 100 Å². The number of hydrogen-bond acceptors (Lipinski definition) is 3. The Hall–Kier alpha value is -1.68. The summed E-state index contributed by atoms with van der Waals surface area (Å²) >= 11 is 0. The van der Waals surface area contributed by atoms with E-state index in [9.17, 15) is 10.1 Å². The Morgan fingerprint density at radius 2 is 2.24 bits per heavy atom. The normalized spacial score (nSPS) is 19.2. The first-order valence-corrected chi connectivity index (χ1v) is 5.90. The summed E-state index contributed by atoms with van der Waals surface area (Å²) in [5.41, 5.74) is 0.941. The van der Waals surface area contributed by atoms with Gasteiger partial charge in [0.1, 0.15) is 0 Å². The molecule has 0 radical (unpaired) electrons. The molecule has 0 fully saturated rings. The van der Waals surface area contributed by atoms with Gasteiger partial charge in [-0.15, -0.1) is 0 Å². The first kappa shape index (κ1) is 11.8. The largest absolute Gasteiger partial charge is 0.306 e. The maximum Gasteiger partial charge on any atom is 0.273 e. The lowest BCUT2D eigenvalue weighted by Gasteiger charge is -2.17. The zero-order valence-electron chi connectivity index (χ0n) is 9.63. The number of para-hydroxylation sites is 1. The fourth-order valence-corrected chi connectivity index (χ4v) is 2.06. The van der Waals surface area contributed by atoms with Crippen molar-refractivity contribution in [2.75, 3.05) is 0 Å². The first-order chi connectivity index (χ1) is 8.27. The lowest BCUT2D eigenvalue weighted by molar-refractivity contribution is -0.385. The summed E-state index contributed by atoms with van der Waals surface area (Å²) in [6.07, 6.45) is 7.75. The van der Waals surface area contributed by atoms with E-state index in [0.29, 0.717) is 12.6 Å². The van der Waals surface area contributed by atoms with Crippen LogP contribution in [0, 0.1) is 10.1 Å². The molecule has 17 heavy (non-hydrogen) atoms. The summed E-state index contributed by atoms with van der Waals surface area (Å²) in [5, 5.41) is 14.2.